The summed E-state index contributed by atoms with van der Waals surface area (Å²) in [5.74, 6) is 1.17. The van der Waals surface area contributed by atoms with Crippen molar-refractivity contribution >= 4 is 51.0 Å². The molecule has 2 amide bonds. The van der Waals surface area contributed by atoms with Crippen LogP contribution in [0.15, 0.2) is 18.5 Å². The van der Waals surface area contributed by atoms with Crippen molar-refractivity contribution in [3.05, 3.63) is 34.5 Å². The minimum Gasteiger partial charge on any atom is -0.489 e. The number of hydrogen-bond acceptors (Lipinski definition) is 8. The minimum absolute atomic E-state index is 0.0815. The van der Waals surface area contributed by atoms with E-state index in [1.165, 1.54) is 30.9 Å². The van der Waals surface area contributed by atoms with Gasteiger partial charge in [-0.05, 0) is 38.3 Å². The van der Waals surface area contributed by atoms with Crippen LogP contribution in [0.25, 0.3) is 10.2 Å². The standard InChI is InChI=1S/C24H29F2N7O2S/c1-12(2)35-18-8-16(28)13(9-27)6-17(18)32-22-21-15-5-4-14(31-24(34)33(3)10-20(25)26)7-19(15)36-23(21)30-11-29-22/h6,8-9,11-12,14,20,27H,4-5,7,10,28H2,1-3H3,(H,31,34)(H,29,30,32). The van der Waals surface area contributed by atoms with Gasteiger partial charge in [0.1, 0.15) is 22.7 Å². The summed E-state index contributed by atoms with van der Waals surface area (Å²) in [5.41, 5.74) is 8.82. The highest BCUT2D eigenvalue weighted by molar-refractivity contribution is 7.19. The summed E-state index contributed by atoms with van der Waals surface area (Å²) in [4.78, 5) is 24.1. The molecule has 1 aliphatic rings. The molecule has 0 saturated carbocycles. The van der Waals surface area contributed by atoms with Gasteiger partial charge in [-0.25, -0.2) is 23.5 Å². The summed E-state index contributed by atoms with van der Waals surface area (Å²) in [6.07, 6.45) is 1.96. The van der Waals surface area contributed by atoms with Gasteiger partial charge in [-0.1, -0.05) is 0 Å². The second-order valence-corrected chi connectivity index (χ2v) is 10.1. The van der Waals surface area contributed by atoms with Gasteiger partial charge in [-0.2, -0.15) is 0 Å². The maximum atomic E-state index is 12.6. The molecule has 1 aliphatic carbocycles. The number of aromatic nitrogens is 2. The molecule has 12 heteroatoms. The fourth-order valence-corrected chi connectivity index (χ4v) is 5.48. The second kappa shape index (κ2) is 10.6. The number of carbonyl (C=O) groups excluding carboxylic acids is 1. The molecule has 3 aromatic rings. The Morgan fingerprint density at radius 3 is 2.86 bits per heavy atom. The largest absolute Gasteiger partial charge is 0.489 e. The lowest BCUT2D eigenvalue weighted by Gasteiger charge is -2.26. The van der Waals surface area contributed by atoms with Gasteiger partial charge in [0.05, 0.1) is 23.7 Å². The second-order valence-electron chi connectivity index (χ2n) is 8.98. The summed E-state index contributed by atoms with van der Waals surface area (Å²) >= 11 is 1.54. The SMILES string of the molecule is CC(C)Oc1cc(N)c(C=N)cc1Nc1ncnc2sc3c(c12)CCC(NC(=O)N(C)CC(F)F)C3. The maximum absolute atomic E-state index is 12.6. The van der Waals surface area contributed by atoms with Crippen LogP contribution in [0, 0.1) is 5.41 Å². The number of benzene rings is 1. The Balaban J connectivity index is 1.61. The third-order valence-corrected chi connectivity index (χ3v) is 7.05. The number of carbonyl (C=O) groups is 1. The van der Waals surface area contributed by atoms with Crippen LogP contribution in [-0.2, 0) is 12.8 Å². The van der Waals surface area contributed by atoms with E-state index in [0.717, 1.165) is 25.6 Å². The van der Waals surface area contributed by atoms with Crippen molar-refractivity contribution in [1.29, 1.82) is 5.41 Å². The van der Waals surface area contributed by atoms with Gasteiger partial charge in [0.2, 0.25) is 0 Å². The number of rotatable bonds is 8. The smallest absolute Gasteiger partial charge is 0.317 e. The van der Waals surface area contributed by atoms with Crippen molar-refractivity contribution < 1.29 is 18.3 Å². The molecular formula is C24H29F2N7O2S. The van der Waals surface area contributed by atoms with Crippen LogP contribution in [0.2, 0.25) is 0 Å². The molecule has 0 bridgehead atoms. The number of aryl methyl sites for hydroxylation is 1. The summed E-state index contributed by atoms with van der Waals surface area (Å²) in [6, 6.07) is 2.80. The van der Waals surface area contributed by atoms with Gasteiger partial charge in [-0.15, -0.1) is 11.3 Å². The number of anilines is 3. The molecular weight excluding hydrogens is 488 g/mol. The Labute approximate surface area is 211 Å². The maximum Gasteiger partial charge on any atom is 0.317 e. The highest BCUT2D eigenvalue weighted by atomic mass is 32.1. The predicted molar refractivity (Wildman–Crippen MR) is 138 cm³/mol. The zero-order valence-corrected chi connectivity index (χ0v) is 21.1. The zero-order chi connectivity index (χ0) is 26.0. The van der Waals surface area contributed by atoms with Crippen LogP contribution in [0.4, 0.5) is 30.8 Å². The van der Waals surface area contributed by atoms with Crippen LogP contribution in [0.5, 0.6) is 5.75 Å². The topological polar surface area (TPSA) is 129 Å². The van der Waals surface area contributed by atoms with Gasteiger partial charge in [0.25, 0.3) is 6.43 Å². The Morgan fingerprint density at radius 2 is 2.17 bits per heavy atom. The van der Waals surface area contributed by atoms with Gasteiger partial charge in [-0.3, -0.25) is 0 Å². The summed E-state index contributed by atoms with van der Waals surface area (Å²) in [6.45, 7) is 3.23. The van der Waals surface area contributed by atoms with Gasteiger partial charge < -0.3 is 31.4 Å². The van der Waals surface area contributed by atoms with Crippen molar-refractivity contribution in [2.45, 2.75) is 51.7 Å². The van der Waals surface area contributed by atoms with Crippen molar-refractivity contribution in [1.82, 2.24) is 20.2 Å². The minimum atomic E-state index is -2.58. The summed E-state index contributed by atoms with van der Waals surface area (Å²) in [5, 5.41) is 14.8. The molecule has 2 heterocycles. The first-order chi connectivity index (χ1) is 17.2. The number of nitrogens with one attached hydrogen (secondary N) is 3. The molecule has 0 radical (unpaired) electrons. The quantitative estimate of drug-likeness (QED) is 0.256. The molecule has 1 atom stereocenters. The van der Waals surface area contributed by atoms with Crippen LogP contribution >= 0.6 is 11.3 Å². The fourth-order valence-electron chi connectivity index (χ4n) is 4.22. The van der Waals surface area contributed by atoms with E-state index in [1.54, 1.807) is 12.1 Å². The molecule has 2 aromatic heterocycles. The number of urea groups is 1. The van der Waals surface area contributed by atoms with Gasteiger partial charge in [0, 0.05) is 47.9 Å². The Morgan fingerprint density at radius 1 is 1.39 bits per heavy atom. The number of hydrogen-bond donors (Lipinski definition) is 4. The van der Waals surface area contributed by atoms with Crippen molar-refractivity contribution in [2.75, 3.05) is 24.6 Å². The highest BCUT2D eigenvalue weighted by Crippen LogP contribution is 2.40. The average Bonchev–Trinajstić information content (AvgIpc) is 3.18. The molecule has 4 rings (SSSR count). The van der Waals surface area contributed by atoms with E-state index in [0.29, 0.717) is 47.8 Å². The van der Waals surface area contributed by atoms with Crippen LogP contribution in [-0.4, -0.2) is 59.3 Å². The normalized spacial score (nSPS) is 15.1. The number of fused-ring (bicyclic) bond motifs is 3. The molecule has 0 saturated heterocycles. The molecule has 192 valence electrons. The first-order valence-electron chi connectivity index (χ1n) is 11.6. The van der Waals surface area contributed by atoms with Gasteiger partial charge >= 0.3 is 6.03 Å². The average molecular weight is 518 g/mol. The van der Waals surface area contributed by atoms with E-state index in [2.05, 4.69) is 20.6 Å². The molecule has 1 unspecified atom stereocenters. The molecule has 0 spiro atoms. The van der Waals surface area contributed by atoms with Gasteiger partial charge in [0.15, 0.2) is 0 Å². The van der Waals surface area contributed by atoms with Crippen LogP contribution in [0.1, 0.15) is 36.3 Å². The van der Waals surface area contributed by atoms with E-state index >= 15 is 0 Å². The van der Waals surface area contributed by atoms with E-state index in [9.17, 15) is 13.6 Å². The number of alkyl halides is 2. The van der Waals surface area contributed by atoms with Crippen LogP contribution in [0.3, 0.4) is 0 Å². The van der Waals surface area contributed by atoms with Crippen LogP contribution < -0.4 is 21.1 Å². The number of ether oxygens (including phenoxy) is 1. The first kappa shape index (κ1) is 25.5. The number of nitrogens with zero attached hydrogens (tertiary/aromatic N) is 3. The Bertz CT molecular complexity index is 1280. The number of nitrogens with two attached hydrogens (primary N) is 1. The van der Waals surface area contributed by atoms with Crippen molar-refractivity contribution in [3.63, 3.8) is 0 Å². The number of amides is 2. The molecule has 9 nitrogen and oxygen atoms in total. The summed E-state index contributed by atoms with van der Waals surface area (Å²) in [7, 11) is 1.36. The molecule has 0 aliphatic heterocycles. The number of halogens is 2. The highest BCUT2D eigenvalue weighted by Gasteiger charge is 2.27. The number of thiophene rings is 1. The molecule has 1 aromatic carbocycles. The first-order valence-corrected chi connectivity index (χ1v) is 12.4. The lowest BCUT2D eigenvalue weighted by atomic mass is 9.93. The monoisotopic (exact) mass is 517 g/mol. The fraction of sp³-hybridized carbons (Fsp3) is 0.417. The third kappa shape index (κ3) is 5.48. The number of nitrogen functional groups attached to an aromatic ring is 1. The molecule has 5 N–H and O–H groups in total. The Hall–Kier alpha value is -3.54. The van der Waals surface area contributed by atoms with E-state index < -0.39 is 19.0 Å². The lowest BCUT2D eigenvalue weighted by molar-refractivity contribution is 0.107. The van der Waals surface area contributed by atoms with Crippen molar-refractivity contribution in [3.8, 4) is 5.75 Å². The molecule has 36 heavy (non-hydrogen) atoms. The Kier molecular flexibility index (Phi) is 7.53. The van der Waals surface area contributed by atoms with E-state index in [4.69, 9.17) is 15.9 Å². The van der Waals surface area contributed by atoms with E-state index in [-0.39, 0.29) is 12.1 Å². The zero-order valence-electron chi connectivity index (χ0n) is 20.3. The lowest BCUT2D eigenvalue weighted by Crippen LogP contribution is -2.46. The molecule has 0 fully saturated rings. The van der Waals surface area contributed by atoms with Crippen molar-refractivity contribution in [2.24, 2.45) is 0 Å². The predicted octanol–water partition coefficient (Wildman–Crippen LogP) is 4.57. The third-order valence-electron chi connectivity index (χ3n) is 5.89. The van der Waals surface area contributed by atoms with E-state index in [1.807, 2.05) is 13.8 Å². The summed E-state index contributed by atoms with van der Waals surface area (Å²) < 4.78 is 31.2.